The molecule has 0 radical (unpaired) electrons. The van der Waals surface area contributed by atoms with Crippen molar-refractivity contribution in [2.24, 2.45) is 0 Å². The van der Waals surface area contributed by atoms with Crippen molar-refractivity contribution in [2.45, 2.75) is 6.42 Å². The Bertz CT molecular complexity index is 1780. The number of para-hydroxylation sites is 1. The maximum Gasteiger partial charge on any atom is 0.291 e. The van der Waals surface area contributed by atoms with Gasteiger partial charge in [0.15, 0.2) is 5.76 Å². The number of fused-ring (bicyclic) bond motifs is 3. The van der Waals surface area contributed by atoms with Gasteiger partial charge < -0.3 is 30.1 Å². The molecule has 0 aliphatic rings. The SMILES string of the molecule is O=C(Nc1cc(O)c2[nH]ccc2c1CCCl)c1cc2cc(NC(=O)c3cc4ccccc4o3)ccc2[nH]1. The van der Waals surface area contributed by atoms with Crippen LogP contribution < -0.4 is 10.6 Å². The number of aromatic hydroxyl groups is 1. The molecular weight excluding hydrogens is 492 g/mol. The van der Waals surface area contributed by atoms with E-state index < -0.39 is 0 Å². The Morgan fingerprint density at radius 3 is 2.65 bits per heavy atom. The van der Waals surface area contributed by atoms with Crippen LogP contribution >= 0.6 is 11.6 Å². The summed E-state index contributed by atoms with van der Waals surface area (Å²) in [6.45, 7) is 0. The number of phenolic OH excluding ortho intramolecular Hbond substituents is 1. The first-order valence-electron chi connectivity index (χ1n) is 11.6. The zero-order valence-corrected chi connectivity index (χ0v) is 20.1. The van der Waals surface area contributed by atoms with E-state index in [9.17, 15) is 14.7 Å². The molecular formula is C28H21ClN4O4. The molecule has 3 aromatic carbocycles. The summed E-state index contributed by atoms with van der Waals surface area (Å²) in [5.41, 5.74) is 4.20. The monoisotopic (exact) mass is 512 g/mol. The summed E-state index contributed by atoms with van der Waals surface area (Å²) in [5.74, 6) is -0.117. The van der Waals surface area contributed by atoms with Crippen LogP contribution in [0.2, 0.25) is 0 Å². The number of alkyl halides is 1. The van der Waals surface area contributed by atoms with Gasteiger partial charge in [-0.05, 0) is 54.4 Å². The highest BCUT2D eigenvalue weighted by Crippen LogP contribution is 2.34. The van der Waals surface area contributed by atoms with E-state index >= 15 is 0 Å². The van der Waals surface area contributed by atoms with Gasteiger partial charge in [0.25, 0.3) is 11.8 Å². The number of halogens is 1. The third-order valence-corrected chi connectivity index (χ3v) is 6.49. The number of rotatable bonds is 6. The van der Waals surface area contributed by atoms with Gasteiger partial charge in [0.05, 0.1) is 5.52 Å². The van der Waals surface area contributed by atoms with E-state index in [1.54, 1.807) is 42.6 Å². The molecule has 0 unspecified atom stereocenters. The summed E-state index contributed by atoms with van der Waals surface area (Å²) in [7, 11) is 0. The number of aryl methyl sites for hydroxylation is 1. The lowest BCUT2D eigenvalue weighted by molar-refractivity contribution is 0.0996. The average Bonchev–Trinajstić information content (AvgIpc) is 3.64. The summed E-state index contributed by atoms with van der Waals surface area (Å²) in [6.07, 6.45) is 2.25. The number of carbonyl (C=O) groups excluding carboxylic acids is 2. The van der Waals surface area contributed by atoms with Crippen molar-refractivity contribution in [1.82, 2.24) is 9.97 Å². The van der Waals surface area contributed by atoms with E-state index in [4.69, 9.17) is 16.0 Å². The number of benzene rings is 3. The van der Waals surface area contributed by atoms with Crippen LogP contribution in [0, 0.1) is 0 Å². The van der Waals surface area contributed by atoms with Gasteiger partial charge in [0.2, 0.25) is 0 Å². The van der Waals surface area contributed by atoms with Gasteiger partial charge in [-0.1, -0.05) is 18.2 Å². The number of hydrogen-bond donors (Lipinski definition) is 5. The number of aromatic nitrogens is 2. The number of aromatic amines is 2. The number of carbonyl (C=O) groups is 2. The first kappa shape index (κ1) is 22.8. The highest BCUT2D eigenvalue weighted by molar-refractivity contribution is 6.18. The van der Waals surface area contributed by atoms with E-state index in [0.717, 1.165) is 27.2 Å². The number of hydrogen-bond acceptors (Lipinski definition) is 4. The number of anilines is 2. The summed E-state index contributed by atoms with van der Waals surface area (Å²) in [5, 5.41) is 18.5. The van der Waals surface area contributed by atoms with Crippen LogP contribution in [0.4, 0.5) is 11.4 Å². The van der Waals surface area contributed by atoms with Crippen molar-refractivity contribution >= 4 is 67.6 Å². The summed E-state index contributed by atoms with van der Waals surface area (Å²) in [4.78, 5) is 31.9. The molecule has 3 aromatic heterocycles. The molecule has 8 nitrogen and oxygen atoms in total. The Balaban J connectivity index is 1.24. The third kappa shape index (κ3) is 4.17. The van der Waals surface area contributed by atoms with Gasteiger partial charge in [-0.15, -0.1) is 11.6 Å². The van der Waals surface area contributed by atoms with E-state index in [0.29, 0.717) is 40.5 Å². The van der Waals surface area contributed by atoms with E-state index in [1.165, 1.54) is 6.07 Å². The molecule has 0 spiro atoms. The summed E-state index contributed by atoms with van der Waals surface area (Å²) < 4.78 is 5.64. The Kier molecular flexibility index (Phi) is 5.58. The number of H-pyrrole nitrogens is 2. The fraction of sp³-hybridized carbons (Fsp3) is 0.0714. The van der Waals surface area contributed by atoms with E-state index in [-0.39, 0.29) is 23.3 Å². The largest absolute Gasteiger partial charge is 0.506 e. The van der Waals surface area contributed by atoms with Gasteiger partial charge in [-0.2, -0.15) is 0 Å². The molecule has 184 valence electrons. The van der Waals surface area contributed by atoms with Crippen LogP contribution in [0.5, 0.6) is 5.75 Å². The molecule has 37 heavy (non-hydrogen) atoms. The predicted molar refractivity (Wildman–Crippen MR) is 145 cm³/mol. The molecule has 0 bridgehead atoms. The Morgan fingerprint density at radius 2 is 1.81 bits per heavy atom. The van der Waals surface area contributed by atoms with Crippen molar-refractivity contribution in [3.05, 3.63) is 89.9 Å². The molecule has 0 aliphatic carbocycles. The third-order valence-electron chi connectivity index (χ3n) is 6.30. The number of phenols is 1. The molecule has 6 rings (SSSR count). The standard InChI is InChI=1S/C28H21ClN4O4/c29-9-7-18-19-8-10-30-26(19)23(34)14-21(18)33-27(35)22-12-16-11-17(5-6-20(16)32-22)31-28(36)25-13-15-3-1-2-4-24(15)37-25/h1-6,8,10-14,30,32,34H,7,9H2,(H,31,36)(H,33,35). The lowest BCUT2D eigenvalue weighted by Gasteiger charge is -2.12. The predicted octanol–water partition coefficient (Wildman–Crippen LogP) is 6.39. The van der Waals surface area contributed by atoms with Crippen molar-refractivity contribution in [3.8, 4) is 5.75 Å². The Hall–Kier alpha value is -4.69. The molecule has 0 fully saturated rings. The van der Waals surface area contributed by atoms with Gasteiger partial charge >= 0.3 is 0 Å². The maximum absolute atomic E-state index is 13.1. The zero-order valence-electron chi connectivity index (χ0n) is 19.4. The Morgan fingerprint density at radius 1 is 0.946 bits per heavy atom. The van der Waals surface area contributed by atoms with Gasteiger partial charge in [0, 0.05) is 51.2 Å². The van der Waals surface area contributed by atoms with Crippen LogP contribution in [0.3, 0.4) is 0 Å². The lowest BCUT2D eigenvalue weighted by atomic mass is 10.0. The van der Waals surface area contributed by atoms with Crippen LogP contribution in [0.15, 0.2) is 77.3 Å². The zero-order chi connectivity index (χ0) is 25.5. The second kappa shape index (κ2) is 9.07. The highest BCUT2D eigenvalue weighted by Gasteiger charge is 2.17. The molecule has 0 saturated carbocycles. The minimum Gasteiger partial charge on any atom is -0.506 e. The number of amides is 2. The van der Waals surface area contributed by atoms with Crippen LogP contribution in [0.1, 0.15) is 26.6 Å². The van der Waals surface area contributed by atoms with Crippen molar-refractivity contribution in [3.63, 3.8) is 0 Å². The second-order valence-electron chi connectivity index (χ2n) is 8.67. The van der Waals surface area contributed by atoms with Crippen molar-refractivity contribution in [2.75, 3.05) is 16.5 Å². The van der Waals surface area contributed by atoms with Gasteiger partial charge in [0.1, 0.15) is 17.0 Å². The highest BCUT2D eigenvalue weighted by atomic mass is 35.5. The van der Waals surface area contributed by atoms with Crippen molar-refractivity contribution in [1.29, 1.82) is 0 Å². The molecule has 2 amide bonds. The molecule has 0 aliphatic heterocycles. The summed E-state index contributed by atoms with van der Waals surface area (Å²) >= 11 is 6.01. The fourth-order valence-electron chi connectivity index (χ4n) is 4.56. The number of furan rings is 1. The smallest absolute Gasteiger partial charge is 0.291 e. The van der Waals surface area contributed by atoms with Crippen LogP contribution in [-0.4, -0.2) is 32.8 Å². The minimum atomic E-state index is -0.367. The quantitative estimate of drug-likeness (QED) is 0.166. The first-order valence-corrected chi connectivity index (χ1v) is 12.2. The van der Waals surface area contributed by atoms with Crippen LogP contribution in [-0.2, 0) is 6.42 Å². The molecule has 9 heteroatoms. The van der Waals surface area contributed by atoms with Gasteiger partial charge in [-0.3, -0.25) is 9.59 Å². The Labute approximate surface area is 215 Å². The molecule has 3 heterocycles. The average molecular weight is 513 g/mol. The lowest BCUT2D eigenvalue weighted by Crippen LogP contribution is -2.14. The second-order valence-corrected chi connectivity index (χ2v) is 9.05. The molecule has 0 saturated heterocycles. The topological polar surface area (TPSA) is 123 Å². The molecule has 5 N–H and O–H groups in total. The molecule has 6 aromatic rings. The van der Waals surface area contributed by atoms with Crippen LogP contribution in [0.25, 0.3) is 32.8 Å². The fourth-order valence-corrected chi connectivity index (χ4v) is 4.75. The van der Waals surface area contributed by atoms with Crippen molar-refractivity contribution < 1.29 is 19.1 Å². The van der Waals surface area contributed by atoms with E-state index in [2.05, 4.69) is 20.6 Å². The normalized spacial score (nSPS) is 11.4. The summed E-state index contributed by atoms with van der Waals surface area (Å²) in [6, 6.07) is 19.5. The minimum absolute atomic E-state index is 0.0371. The maximum atomic E-state index is 13.1. The number of nitrogens with one attached hydrogen (secondary N) is 4. The molecule has 0 atom stereocenters. The van der Waals surface area contributed by atoms with Gasteiger partial charge in [-0.25, -0.2) is 0 Å². The van der Waals surface area contributed by atoms with E-state index in [1.807, 2.05) is 24.3 Å². The first-order chi connectivity index (χ1) is 18.0.